The number of halogens is 1. The van der Waals surface area contributed by atoms with Gasteiger partial charge in [-0.25, -0.2) is 9.97 Å². The molecule has 0 spiro atoms. The van der Waals surface area contributed by atoms with Gasteiger partial charge < -0.3 is 10.2 Å². The van der Waals surface area contributed by atoms with E-state index in [2.05, 4.69) is 32.3 Å². The molecule has 1 amide bonds. The van der Waals surface area contributed by atoms with E-state index in [1.54, 1.807) is 0 Å². The number of nitrogens with zero attached hydrogens (tertiary/aromatic N) is 3. The molecule has 4 rings (SSSR count). The third-order valence-electron chi connectivity index (χ3n) is 5.22. The number of aromatic nitrogens is 2. The van der Waals surface area contributed by atoms with Gasteiger partial charge in [0.1, 0.15) is 0 Å². The van der Waals surface area contributed by atoms with Crippen molar-refractivity contribution in [2.45, 2.75) is 37.6 Å². The summed E-state index contributed by atoms with van der Waals surface area (Å²) in [6.07, 6.45) is 6.77. The van der Waals surface area contributed by atoms with Crippen molar-refractivity contribution in [3.05, 3.63) is 52.8 Å². The minimum absolute atomic E-state index is 0.226. The van der Waals surface area contributed by atoms with Crippen LogP contribution in [0.5, 0.6) is 0 Å². The van der Waals surface area contributed by atoms with Gasteiger partial charge in [0.25, 0.3) is 5.91 Å². The van der Waals surface area contributed by atoms with Crippen molar-refractivity contribution in [1.82, 2.24) is 15.3 Å². The third kappa shape index (κ3) is 3.09. The highest BCUT2D eigenvalue weighted by atomic mass is 35.5. The van der Waals surface area contributed by atoms with Gasteiger partial charge in [-0.15, -0.1) is 0 Å². The number of anilines is 1. The van der Waals surface area contributed by atoms with Crippen molar-refractivity contribution in [3.63, 3.8) is 0 Å². The monoisotopic (exact) mass is 356 g/mol. The molecule has 25 heavy (non-hydrogen) atoms. The lowest BCUT2D eigenvalue weighted by atomic mass is 9.71. The van der Waals surface area contributed by atoms with E-state index in [1.807, 2.05) is 18.2 Å². The number of nitrogens with one attached hydrogen (secondary N) is 1. The standard InChI is InChI=1S/C19H21ClN4O/c20-15-13-21-18(24-11-4-5-12-24)22-16(15)17(25)23-19(9-6-10-19)14-7-2-1-3-8-14/h1-3,7-8,13H,4-6,9-12H2,(H,23,25). The predicted molar refractivity (Wildman–Crippen MR) is 97.9 cm³/mol. The van der Waals surface area contributed by atoms with E-state index in [-0.39, 0.29) is 17.1 Å². The van der Waals surface area contributed by atoms with E-state index < -0.39 is 0 Å². The summed E-state index contributed by atoms with van der Waals surface area (Å²) in [5.74, 6) is 0.367. The first kappa shape index (κ1) is 16.3. The van der Waals surface area contributed by atoms with Gasteiger partial charge in [-0.2, -0.15) is 0 Å². The molecule has 2 fully saturated rings. The van der Waals surface area contributed by atoms with Crippen LogP contribution < -0.4 is 10.2 Å². The SMILES string of the molecule is O=C(NC1(c2ccccc2)CCC1)c1nc(N2CCCC2)ncc1Cl. The van der Waals surface area contributed by atoms with Crippen LogP contribution in [0.2, 0.25) is 5.02 Å². The minimum atomic E-state index is -0.305. The predicted octanol–water partition coefficient (Wildman–Crippen LogP) is 3.54. The summed E-state index contributed by atoms with van der Waals surface area (Å²) in [6, 6.07) is 10.1. The summed E-state index contributed by atoms with van der Waals surface area (Å²) in [4.78, 5) is 23.8. The first-order chi connectivity index (χ1) is 12.2. The van der Waals surface area contributed by atoms with Crippen molar-refractivity contribution >= 4 is 23.5 Å². The number of hydrogen-bond donors (Lipinski definition) is 1. The zero-order valence-corrected chi connectivity index (χ0v) is 14.8. The molecule has 0 atom stereocenters. The lowest BCUT2D eigenvalue weighted by molar-refractivity contribution is 0.0818. The zero-order chi connectivity index (χ0) is 17.3. The van der Waals surface area contributed by atoms with E-state index >= 15 is 0 Å². The molecule has 1 aromatic heterocycles. The molecule has 1 N–H and O–H groups in total. The summed E-state index contributed by atoms with van der Waals surface area (Å²) in [6.45, 7) is 1.85. The van der Waals surface area contributed by atoms with Gasteiger partial charge in [0.05, 0.1) is 16.8 Å². The summed E-state index contributed by atoms with van der Waals surface area (Å²) >= 11 is 6.23. The average molecular weight is 357 g/mol. The van der Waals surface area contributed by atoms with Crippen LogP contribution in [-0.4, -0.2) is 29.0 Å². The number of hydrogen-bond acceptors (Lipinski definition) is 4. The van der Waals surface area contributed by atoms with Gasteiger partial charge >= 0.3 is 0 Å². The molecule has 6 heteroatoms. The van der Waals surface area contributed by atoms with Crippen molar-refractivity contribution in [2.24, 2.45) is 0 Å². The largest absolute Gasteiger partial charge is 0.341 e. The Kier molecular flexibility index (Phi) is 4.34. The van der Waals surface area contributed by atoms with E-state index in [0.29, 0.717) is 11.0 Å². The first-order valence-corrected chi connectivity index (χ1v) is 9.21. The van der Waals surface area contributed by atoms with Gasteiger partial charge in [0.2, 0.25) is 5.95 Å². The van der Waals surface area contributed by atoms with Crippen LogP contribution >= 0.6 is 11.6 Å². The lowest BCUT2D eigenvalue weighted by Gasteiger charge is -2.43. The molecule has 2 aromatic rings. The number of carbonyl (C=O) groups is 1. The van der Waals surface area contributed by atoms with E-state index in [9.17, 15) is 4.79 Å². The third-order valence-corrected chi connectivity index (χ3v) is 5.50. The fraction of sp³-hybridized carbons (Fsp3) is 0.421. The fourth-order valence-corrected chi connectivity index (χ4v) is 3.81. The van der Waals surface area contributed by atoms with Crippen molar-refractivity contribution in [1.29, 1.82) is 0 Å². The summed E-state index contributed by atoms with van der Waals surface area (Å²) in [5.41, 5.74) is 1.10. The van der Waals surface area contributed by atoms with Crippen LogP contribution in [0.1, 0.15) is 48.2 Å². The smallest absolute Gasteiger partial charge is 0.272 e. The van der Waals surface area contributed by atoms with Crippen LogP contribution in [0.4, 0.5) is 5.95 Å². The molecular formula is C19H21ClN4O. The molecule has 1 aromatic carbocycles. The molecule has 5 nitrogen and oxygen atoms in total. The maximum absolute atomic E-state index is 12.9. The Bertz CT molecular complexity index is 770. The lowest BCUT2D eigenvalue weighted by Crippen LogP contribution is -2.51. The molecule has 2 heterocycles. The summed E-state index contributed by atoms with van der Waals surface area (Å²) in [5, 5.41) is 3.48. The number of rotatable bonds is 4. The van der Waals surface area contributed by atoms with Crippen LogP contribution in [0.25, 0.3) is 0 Å². The molecule has 0 unspecified atom stereocenters. The summed E-state index contributed by atoms with van der Waals surface area (Å²) < 4.78 is 0. The Hall–Kier alpha value is -2.14. The normalized spacial score (nSPS) is 18.7. The Morgan fingerprint density at radius 3 is 2.48 bits per heavy atom. The molecule has 0 radical (unpaired) electrons. The highest BCUT2D eigenvalue weighted by Crippen LogP contribution is 2.41. The Balaban J connectivity index is 1.59. The van der Waals surface area contributed by atoms with Crippen molar-refractivity contribution in [3.8, 4) is 0 Å². The second-order valence-electron chi connectivity index (χ2n) is 6.82. The molecule has 1 saturated carbocycles. The average Bonchev–Trinajstić information content (AvgIpc) is 3.14. The molecular weight excluding hydrogens is 336 g/mol. The van der Waals surface area contributed by atoms with Gasteiger partial charge in [-0.3, -0.25) is 4.79 Å². The summed E-state index contributed by atoms with van der Waals surface area (Å²) in [7, 11) is 0. The highest BCUT2D eigenvalue weighted by Gasteiger charge is 2.40. The van der Waals surface area contributed by atoms with Crippen LogP contribution in [0.15, 0.2) is 36.5 Å². The molecule has 2 aliphatic rings. The number of carbonyl (C=O) groups excluding carboxylic acids is 1. The number of benzene rings is 1. The molecule has 1 aliphatic carbocycles. The van der Waals surface area contributed by atoms with Gasteiger partial charge in [0, 0.05) is 13.1 Å². The molecule has 1 aliphatic heterocycles. The van der Waals surface area contributed by atoms with Crippen LogP contribution in [-0.2, 0) is 5.54 Å². The Labute approximate surface area is 152 Å². The second-order valence-corrected chi connectivity index (χ2v) is 7.22. The van der Waals surface area contributed by atoms with E-state index in [0.717, 1.165) is 50.8 Å². The van der Waals surface area contributed by atoms with Crippen LogP contribution in [0, 0.1) is 0 Å². The maximum Gasteiger partial charge on any atom is 0.272 e. The maximum atomic E-state index is 12.9. The topological polar surface area (TPSA) is 58.1 Å². The van der Waals surface area contributed by atoms with Crippen molar-refractivity contribution in [2.75, 3.05) is 18.0 Å². The highest BCUT2D eigenvalue weighted by molar-refractivity contribution is 6.33. The molecule has 1 saturated heterocycles. The van der Waals surface area contributed by atoms with Crippen molar-refractivity contribution < 1.29 is 4.79 Å². The molecule has 130 valence electrons. The second kappa shape index (κ2) is 6.64. The first-order valence-electron chi connectivity index (χ1n) is 8.83. The number of amides is 1. The quantitative estimate of drug-likeness (QED) is 0.910. The Morgan fingerprint density at radius 2 is 1.84 bits per heavy atom. The minimum Gasteiger partial charge on any atom is -0.341 e. The van der Waals surface area contributed by atoms with E-state index in [4.69, 9.17) is 11.6 Å². The fourth-order valence-electron chi connectivity index (χ4n) is 3.64. The van der Waals surface area contributed by atoms with Gasteiger partial charge in [0.15, 0.2) is 5.69 Å². The van der Waals surface area contributed by atoms with Gasteiger partial charge in [-0.05, 0) is 37.7 Å². The zero-order valence-electron chi connectivity index (χ0n) is 14.0. The van der Waals surface area contributed by atoms with E-state index in [1.165, 1.54) is 6.20 Å². The van der Waals surface area contributed by atoms with Gasteiger partial charge in [-0.1, -0.05) is 41.9 Å². The van der Waals surface area contributed by atoms with Crippen LogP contribution in [0.3, 0.4) is 0 Å². The Morgan fingerprint density at radius 1 is 1.12 bits per heavy atom. The molecule has 0 bridgehead atoms.